The Bertz CT molecular complexity index is 1180. The summed E-state index contributed by atoms with van der Waals surface area (Å²) in [6.45, 7) is 0.508. The number of nitrogens with one attached hydrogen (secondary N) is 1. The first-order valence-corrected chi connectivity index (χ1v) is 13.9. The molecule has 1 saturated heterocycles. The molecule has 180 valence electrons. The number of anilines is 1. The molecular weight excluding hydrogens is 466 g/mol. The fraction of sp³-hybridized carbons (Fsp3) is 0.409. The van der Waals surface area contributed by atoms with Crippen LogP contribution in [0.1, 0.15) is 24.8 Å². The maximum Gasteiger partial charge on any atom is 0.246 e. The number of sulfonamides is 2. The van der Waals surface area contributed by atoms with Gasteiger partial charge in [0.05, 0.1) is 19.9 Å². The molecule has 0 saturated carbocycles. The van der Waals surface area contributed by atoms with Gasteiger partial charge in [-0.25, -0.2) is 16.8 Å². The van der Waals surface area contributed by atoms with E-state index < -0.39 is 32.5 Å². The third-order valence-electron chi connectivity index (χ3n) is 5.37. The van der Waals surface area contributed by atoms with Gasteiger partial charge in [-0.15, -0.1) is 0 Å². The number of piperidine rings is 1. The second kappa shape index (κ2) is 10.6. The first-order chi connectivity index (χ1) is 15.6. The molecular formula is C22H29N3O6S2. The lowest BCUT2D eigenvalue weighted by Gasteiger charge is -2.26. The Balaban J connectivity index is 1.79. The average molecular weight is 496 g/mol. The molecule has 0 atom stereocenters. The first-order valence-electron chi connectivity index (χ1n) is 10.6. The summed E-state index contributed by atoms with van der Waals surface area (Å²) in [6.07, 6.45) is 3.61. The summed E-state index contributed by atoms with van der Waals surface area (Å²) in [5, 5.41) is 2.61. The number of methoxy groups -OCH3 is 1. The molecule has 9 nitrogen and oxygen atoms in total. The third-order valence-corrected chi connectivity index (χ3v) is 8.49. The van der Waals surface area contributed by atoms with E-state index in [9.17, 15) is 21.6 Å². The minimum atomic E-state index is -3.80. The van der Waals surface area contributed by atoms with Crippen molar-refractivity contribution in [2.75, 3.05) is 38.3 Å². The molecule has 1 heterocycles. The Morgan fingerprint density at radius 2 is 1.70 bits per heavy atom. The lowest BCUT2D eigenvalue weighted by molar-refractivity contribution is -0.116. The minimum Gasteiger partial charge on any atom is -0.495 e. The highest BCUT2D eigenvalue weighted by atomic mass is 32.2. The predicted octanol–water partition coefficient (Wildman–Crippen LogP) is 2.27. The van der Waals surface area contributed by atoms with Crippen LogP contribution in [-0.2, 0) is 31.4 Å². The Hall–Kier alpha value is -2.47. The second-order valence-corrected chi connectivity index (χ2v) is 11.8. The van der Waals surface area contributed by atoms with Crippen LogP contribution in [-0.4, -0.2) is 64.4 Å². The molecule has 3 rings (SSSR count). The maximum absolute atomic E-state index is 13.2. The van der Waals surface area contributed by atoms with Crippen LogP contribution in [0.25, 0.3) is 0 Å². The lowest BCUT2D eigenvalue weighted by Crippen LogP contribution is -2.37. The van der Waals surface area contributed by atoms with Crippen molar-refractivity contribution in [3.63, 3.8) is 0 Å². The highest BCUT2D eigenvalue weighted by molar-refractivity contribution is 7.89. The van der Waals surface area contributed by atoms with E-state index in [2.05, 4.69) is 5.32 Å². The van der Waals surface area contributed by atoms with Crippen molar-refractivity contribution in [2.24, 2.45) is 0 Å². The van der Waals surface area contributed by atoms with E-state index >= 15 is 0 Å². The Kier molecular flexibility index (Phi) is 8.11. The van der Waals surface area contributed by atoms with Gasteiger partial charge in [-0.3, -0.25) is 4.79 Å². The van der Waals surface area contributed by atoms with Crippen LogP contribution in [0, 0.1) is 0 Å². The van der Waals surface area contributed by atoms with Gasteiger partial charge in [0, 0.05) is 25.3 Å². The summed E-state index contributed by atoms with van der Waals surface area (Å²) in [5.74, 6) is -0.400. The van der Waals surface area contributed by atoms with Crippen molar-refractivity contribution in [3.05, 3.63) is 54.1 Å². The summed E-state index contributed by atoms with van der Waals surface area (Å²) in [6, 6.07) is 13.3. The first kappa shape index (κ1) is 25.2. The molecule has 1 amide bonds. The molecule has 0 spiro atoms. The van der Waals surface area contributed by atoms with Gasteiger partial charge in [0.2, 0.25) is 26.0 Å². The molecule has 0 radical (unpaired) electrons. The number of carbonyl (C=O) groups excluding carboxylic acids is 1. The Morgan fingerprint density at radius 1 is 1.03 bits per heavy atom. The third kappa shape index (κ3) is 6.53. The summed E-state index contributed by atoms with van der Waals surface area (Å²) in [7, 11) is -6.07. The topological polar surface area (TPSA) is 113 Å². The molecule has 0 aromatic heterocycles. The van der Waals surface area contributed by atoms with Gasteiger partial charge < -0.3 is 10.1 Å². The molecule has 1 N–H and O–H groups in total. The van der Waals surface area contributed by atoms with Crippen molar-refractivity contribution in [1.82, 2.24) is 8.61 Å². The highest BCUT2D eigenvalue weighted by Gasteiger charge is 2.29. The molecule has 2 aromatic rings. The quantitative estimate of drug-likeness (QED) is 0.571. The minimum absolute atomic E-state index is 0.0334. The molecule has 0 unspecified atom stereocenters. The summed E-state index contributed by atoms with van der Waals surface area (Å²) < 4.78 is 58.5. The Labute approximate surface area is 195 Å². The maximum atomic E-state index is 13.2. The van der Waals surface area contributed by atoms with Crippen molar-refractivity contribution >= 4 is 31.6 Å². The predicted molar refractivity (Wildman–Crippen MR) is 126 cm³/mol. The Morgan fingerprint density at radius 3 is 2.30 bits per heavy atom. The van der Waals surface area contributed by atoms with Crippen molar-refractivity contribution in [3.8, 4) is 5.75 Å². The van der Waals surface area contributed by atoms with Gasteiger partial charge in [0.25, 0.3) is 0 Å². The molecule has 11 heteroatoms. The zero-order valence-corrected chi connectivity index (χ0v) is 20.4. The number of hydrogen-bond donors (Lipinski definition) is 1. The summed E-state index contributed by atoms with van der Waals surface area (Å²) in [5.41, 5.74) is 0.986. The monoisotopic (exact) mass is 495 g/mol. The van der Waals surface area contributed by atoms with Crippen LogP contribution in [0.3, 0.4) is 0 Å². The lowest BCUT2D eigenvalue weighted by atomic mass is 10.2. The van der Waals surface area contributed by atoms with E-state index in [1.54, 1.807) is 24.3 Å². The normalized spacial score (nSPS) is 15.4. The molecule has 1 aliphatic heterocycles. The fourth-order valence-electron chi connectivity index (χ4n) is 3.64. The van der Waals surface area contributed by atoms with Crippen LogP contribution in [0.5, 0.6) is 5.75 Å². The molecule has 1 aliphatic rings. The zero-order valence-electron chi connectivity index (χ0n) is 18.7. The number of amides is 1. The van der Waals surface area contributed by atoms with Crippen LogP contribution in [0.15, 0.2) is 53.4 Å². The summed E-state index contributed by atoms with van der Waals surface area (Å²) in [4.78, 5) is 12.6. The smallest absolute Gasteiger partial charge is 0.246 e. The SMILES string of the molecule is COc1ccc(NC(=O)CN(Cc2ccccc2)S(C)(=O)=O)cc1S(=O)(=O)N1CCCCC1. The van der Waals surface area contributed by atoms with E-state index in [-0.39, 0.29) is 22.9 Å². The van der Waals surface area contributed by atoms with Crippen LogP contribution in [0.4, 0.5) is 5.69 Å². The van der Waals surface area contributed by atoms with Gasteiger partial charge in [-0.05, 0) is 36.6 Å². The largest absolute Gasteiger partial charge is 0.495 e. The van der Waals surface area contributed by atoms with E-state index in [1.165, 1.54) is 29.6 Å². The number of benzene rings is 2. The van der Waals surface area contributed by atoms with E-state index in [0.717, 1.165) is 35.4 Å². The average Bonchev–Trinajstić information content (AvgIpc) is 2.79. The van der Waals surface area contributed by atoms with E-state index in [4.69, 9.17) is 4.74 Å². The van der Waals surface area contributed by atoms with Crippen molar-refractivity contribution in [1.29, 1.82) is 0 Å². The number of nitrogens with zero attached hydrogens (tertiary/aromatic N) is 2. The van der Waals surface area contributed by atoms with Crippen LogP contribution >= 0.6 is 0 Å². The van der Waals surface area contributed by atoms with Crippen LogP contribution in [0.2, 0.25) is 0 Å². The van der Waals surface area contributed by atoms with Crippen molar-refractivity contribution < 1.29 is 26.4 Å². The highest BCUT2D eigenvalue weighted by Crippen LogP contribution is 2.31. The number of ether oxygens (including phenoxy) is 1. The van der Waals surface area contributed by atoms with Gasteiger partial charge in [0.1, 0.15) is 10.6 Å². The van der Waals surface area contributed by atoms with Gasteiger partial charge in [-0.1, -0.05) is 36.8 Å². The molecule has 0 bridgehead atoms. The second-order valence-electron chi connectivity index (χ2n) is 7.90. The van der Waals surface area contributed by atoms with Gasteiger partial charge >= 0.3 is 0 Å². The van der Waals surface area contributed by atoms with E-state index in [0.29, 0.717) is 13.1 Å². The van der Waals surface area contributed by atoms with Crippen molar-refractivity contribution in [2.45, 2.75) is 30.7 Å². The number of carbonyl (C=O) groups is 1. The number of hydrogen-bond acceptors (Lipinski definition) is 6. The van der Waals surface area contributed by atoms with Gasteiger partial charge in [0.15, 0.2) is 0 Å². The molecule has 0 aliphatic carbocycles. The van der Waals surface area contributed by atoms with Gasteiger partial charge in [-0.2, -0.15) is 8.61 Å². The zero-order chi connectivity index (χ0) is 24.1. The molecule has 1 fully saturated rings. The number of rotatable bonds is 9. The van der Waals surface area contributed by atoms with E-state index in [1.807, 2.05) is 6.07 Å². The van der Waals surface area contributed by atoms with Crippen LogP contribution < -0.4 is 10.1 Å². The molecule has 33 heavy (non-hydrogen) atoms. The standard InChI is InChI=1S/C22H29N3O6S2/c1-31-20-12-11-19(15-21(20)33(29,30)24-13-7-4-8-14-24)23-22(26)17-25(32(2,27)28)16-18-9-5-3-6-10-18/h3,5-6,9-12,15H,4,7-8,13-14,16-17H2,1-2H3,(H,23,26). The molecule has 2 aromatic carbocycles. The summed E-state index contributed by atoms with van der Waals surface area (Å²) >= 11 is 0. The fourth-order valence-corrected chi connectivity index (χ4v) is 6.07.